The summed E-state index contributed by atoms with van der Waals surface area (Å²) < 4.78 is 11.1. The number of phenolic OH excluding ortho intramolecular Hbond substituents is 2. The van der Waals surface area contributed by atoms with Crippen molar-refractivity contribution in [1.82, 2.24) is 0 Å². The fourth-order valence-corrected chi connectivity index (χ4v) is 3.38. The third-order valence-corrected chi connectivity index (χ3v) is 5.02. The Labute approximate surface area is 182 Å². The first kappa shape index (κ1) is 20.9. The molecule has 4 rings (SSSR count). The number of aromatic hydroxyl groups is 2. The minimum atomic E-state index is -0.853. The molecular formula is C25H18O7. The summed E-state index contributed by atoms with van der Waals surface area (Å²) in [6.07, 6.45) is 0. The molecule has 2 N–H and O–H groups in total. The van der Waals surface area contributed by atoms with Crippen molar-refractivity contribution < 1.29 is 29.0 Å². The molecule has 7 nitrogen and oxygen atoms in total. The second-order valence-corrected chi connectivity index (χ2v) is 7.13. The van der Waals surface area contributed by atoms with Gasteiger partial charge in [-0.15, -0.1) is 0 Å². The number of ketones is 1. The second kappa shape index (κ2) is 8.39. The number of carbonyl (C=O) groups is 2. The summed E-state index contributed by atoms with van der Waals surface area (Å²) in [4.78, 5) is 38.0. The van der Waals surface area contributed by atoms with Gasteiger partial charge in [-0.25, -0.2) is 4.79 Å². The van der Waals surface area contributed by atoms with E-state index in [1.165, 1.54) is 24.3 Å². The topological polar surface area (TPSA) is 114 Å². The monoisotopic (exact) mass is 430 g/mol. The molecule has 4 aromatic rings. The van der Waals surface area contributed by atoms with E-state index in [4.69, 9.17) is 9.15 Å². The highest BCUT2D eigenvalue weighted by Crippen LogP contribution is 2.28. The van der Waals surface area contributed by atoms with Gasteiger partial charge >= 0.3 is 5.97 Å². The van der Waals surface area contributed by atoms with Gasteiger partial charge < -0.3 is 19.4 Å². The number of ether oxygens (including phenoxy) is 1. The lowest BCUT2D eigenvalue weighted by Crippen LogP contribution is -2.16. The van der Waals surface area contributed by atoms with Crippen LogP contribution in [0.1, 0.15) is 26.3 Å². The Hall–Kier alpha value is -4.39. The molecule has 1 heterocycles. The van der Waals surface area contributed by atoms with Crippen molar-refractivity contribution in [3.05, 3.63) is 93.6 Å². The number of benzene rings is 3. The van der Waals surface area contributed by atoms with Gasteiger partial charge in [0.25, 0.3) is 0 Å². The molecule has 32 heavy (non-hydrogen) atoms. The Bertz CT molecular complexity index is 1400. The van der Waals surface area contributed by atoms with Crippen LogP contribution in [0, 0.1) is 6.92 Å². The molecular weight excluding hydrogens is 412 g/mol. The van der Waals surface area contributed by atoms with E-state index >= 15 is 0 Å². The lowest BCUT2D eigenvalue weighted by atomic mass is 10.0. The molecule has 0 saturated heterocycles. The zero-order valence-corrected chi connectivity index (χ0v) is 17.0. The molecule has 0 aliphatic heterocycles. The number of carbonyl (C=O) groups excluding carboxylic acids is 2. The fraction of sp³-hybridized carbons (Fsp3) is 0.0800. The average Bonchev–Trinajstić information content (AvgIpc) is 2.79. The molecule has 160 valence electrons. The van der Waals surface area contributed by atoms with E-state index in [1.807, 2.05) is 18.2 Å². The maximum absolute atomic E-state index is 12.9. The molecule has 0 bridgehead atoms. The smallest absolute Gasteiger partial charge is 0.342 e. The summed E-state index contributed by atoms with van der Waals surface area (Å²) in [5.41, 5.74) is 0.788. The SMILES string of the molecule is Cc1c(-c2ccccc2)oc2c(C(=O)OCC(=O)c3ccc(O)cc3O)cccc2c1=O. The van der Waals surface area contributed by atoms with E-state index < -0.39 is 24.1 Å². The van der Waals surface area contributed by atoms with Gasteiger partial charge in [0.1, 0.15) is 22.8 Å². The van der Waals surface area contributed by atoms with E-state index in [0.717, 1.165) is 6.07 Å². The molecule has 0 aliphatic carbocycles. The van der Waals surface area contributed by atoms with Crippen LogP contribution in [0.2, 0.25) is 0 Å². The molecule has 0 amide bonds. The van der Waals surface area contributed by atoms with Gasteiger partial charge in [-0.3, -0.25) is 9.59 Å². The first-order valence-corrected chi connectivity index (χ1v) is 9.71. The van der Waals surface area contributed by atoms with Crippen molar-refractivity contribution in [2.75, 3.05) is 6.61 Å². The van der Waals surface area contributed by atoms with Crippen LogP contribution < -0.4 is 5.43 Å². The Morgan fingerprint density at radius 2 is 1.69 bits per heavy atom. The van der Waals surface area contributed by atoms with Crippen molar-refractivity contribution in [2.24, 2.45) is 0 Å². The van der Waals surface area contributed by atoms with E-state index in [9.17, 15) is 24.6 Å². The third-order valence-electron chi connectivity index (χ3n) is 5.02. The van der Waals surface area contributed by atoms with Gasteiger partial charge in [0.15, 0.2) is 17.6 Å². The number of para-hydroxylation sites is 1. The first-order valence-electron chi connectivity index (χ1n) is 9.71. The number of fused-ring (bicyclic) bond motifs is 1. The third kappa shape index (κ3) is 3.83. The maximum atomic E-state index is 12.9. The number of hydrogen-bond acceptors (Lipinski definition) is 7. The van der Waals surface area contributed by atoms with Gasteiger partial charge in [0.05, 0.1) is 10.9 Å². The Morgan fingerprint density at radius 3 is 2.41 bits per heavy atom. The quantitative estimate of drug-likeness (QED) is 0.360. The summed E-state index contributed by atoms with van der Waals surface area (Å²) in [7, 11) is 0. The molecule has 0 fully saturated rings. The maximum Gasteiger partial charge on any atom is 0.342 e. The van der Waals surface area contributed by atoms with Crippen LogP contribution in [0.5, 0.6) is 11.5 Å². The molecule has 0 atom stereocenters. The van der Waals surface area contributed by atoms with Crippen molar-refractivity contribution in [1.29, 1.82) is 0 Å². The lowest BCUT2D eigenvalue weighted by molar-refractivity contribution is 0.0474. The minimum Gasteiger partial charge on any atom is -0.508 e. The fourth-order valence-electron chi connectivity index (χ4n) is 3.38. The minimum absolute atomic E-state index is 0.000454. The molecule has 0 radical (unpaired) electrons. The van der Waals surface area contributed by atoms with Crippen molar-refractivity contribution in [3.8, 4) is 22.8 Å². The van der Waals surface area contributed by atoms with E-state index in [-0.39, 0.29) is 33.3 Å². The Kier molecular flexibility index (Phi) is 5.47. The standard InChI is InChI=1S/C25H18O7/c1-14-22(29)18-8-5-9-19(24(18)32-23(14)15-6-3-2-4-7-15)25(30)31-13-21(28)17-11-10-16(26)12-20(17)27/h2-12,26-27H,13H2,1H3. The zero-order chi connectivity index (χ0) is 22.8. The first-order chi connectivity index (χ1) is 15.4. The zero-order valence-electron chi connectivity index (χ0n) is 17.0. The van der Waals surface area contributed by atoms with Crippen LogP contribution in [0.4, 0.5) is 0 Å². The number of phenols is 2. The molecule has 1 aromatic heterocycles. The van der Waals surface area contributed by atoms with Crippen LogP contribution in [0.15, 0.2) is 75.9 Å². The highest BCUT2D eigenvalue weighted by molar-refractivity contribution is 6.05. The number of esters is 1. The predicted octanol–water partition coefficient (Wildman–Crippen LogP) is 4.22. The Morgan fingerprint density at radius 1 is 0.938 bits per heavy atom. The molecule has 0 unspecified atom stereocenters. The summed E-state index contributed by atoms with van der Waals surface area (Å²) in [5.74, 6) is -1.79. The van der Waals surface area contributed by atoms with E-state index in [0.29, 0.717) is 16.9 Å². The van der Waals surface area contributed by atoms with Crippen LogP contribution in [0.3, 0.4) is 0 Å². The largest absolute Gasteiger partial charge is 0.508 e. The van der Waals surface area contributed by atoms with E-state index in [2.05, 4.69) is 0 Å². The van der Waals surface area contributed by atoms with Gasteiger partial charge in [0.2, 0.25) is 5.78 Å². The molecule has 0 spiro atoms. The summed E-state index contributed by atoms with van der Waals surface area (Å²) in [6, 6.07) is 17.1. The molecule has 0 aliphatic rings. The van der Waals surface area contributed by atoms with Crippen LogP contribution in [0.25, 0.3) is 22.3 Å². The van der Waals surface area contributed by atoms with Gasteiger partial charge in [-0.05, 0) is 31.2 Å². The van der Waals surface area contributed by atoms with Gasteiger partial charge in [-0.2, -0.15) is 0 Å². The predicted molar refractivity (Wildman–Crippen MR) is 117 cm³/mol. The van der Waals surface area contributed by atoms with Crippen LogP contribution in [-0.4, -0.2) is 28.6 Å². The second-order valence-electron chi connectivity index (χ2n) is 7.13. The number of Topliss-reactive ketones (excluding diaryl/α,β-unsaturated/α-hetero) is 1. The van der Waals surface area contributed by atoms with Crippen LogP contribution in [-0.2, 0) is 4.74 Å². The summed E-state index contributed by atoms with van der Waals surface area (Å²) >= 11 is 0. The highest BCUT2D eigenvalue weighted by Gasteiger charge is 2.21. The highest BCUT2D eigenvalue weighted by atomic mass is 16.5. The van der Waals surface area contributed by atoms with Crippen molar-refractivity contribution >= 4 is 22.7 Å². The van der Waals surface area contributed by atoms with Crippen LogP contribution >= 0.6 is 0 Å². The Balaban J connectivity index is 1.68. The number of hydrogen-bond donors (Lipinski definition) is 2. The van der Waals surface area contributed by atoms with Gasteiger partial charge in [-0.1, -0.05) is 36.4 Å². The van der Waals surface area contributed by atoms with E-state index in [1.54, 1.807) is 25.1 Å². The number of rotatable bonds is 5. The van der Waals surface area contributed by atoms with Gasteiger partial charge in [0, 0.05) is 17.2 Å². The van der Waals surface area contributed by atoms with Crippen molar-refractivity contribution in [3.63, 3.8) is 0 Å². The molecule has 3 aromatic carbocycles. The average molecular weight is 430 g/mol. The molecule has 7 heteroatoms. The lowest BCUT2D eigenvalue weighted by Gasteiger charge is -2.10. The van der Waals surface area contributed by atoms with Crippen molar-refractivity contribution in [2.45, 2.75) is 6.92 Å². The summed E-state index contributed by atoms with van der Waals surface area (Å²) in [6.45, 7) is 1.01. The summed E-state index contributed by atoms with van der Waals surface area (Å²) in [5, 5.41) is 19.4. The molecule has 0 saturated carbocycles. The normalized spacial score (nSPS) is 10.8.